The summed E-state index contributed by atoms with van der Waals surface area (Å²) in [4.78, 5) is 27.4. The van der Waals surface area contributed by atoms with Crippen LogP contribution in [0.2, 0.25) is 0 Å². The summed E-state index contributed by atoms with van der Waals surface area (Å²) in [7, 11) is -4.28. The smallest absolute Gasteiger partial charge is 0.469 e. The van der Waals surface area contributed by atoms with Crippen LogP contribution < -0.4 is 0 Å². The second-order valence-corrected chi connectivity index (χ2v) is 8.01. The van der Waals surface area contributed by atoms with E-state index in [1.54, 1.807) is 0 Å². The summed E-state index contributed by atoms with van der Waals surface area (Å²) in [5.74, 6) is -0.686. The van der Waals surface area contributed by atoms with E-state index in [0.29, 0.717) is 12.8 Å². The fourth-order valence-electron chi connectivity index (χ4n) is 2.86. The number of phosphoric ester groups is 1. The van der Waals surface area contributed by atoms with Gasteiger partial charge in [-0.15, -0.1) is 0 Å². The van der Waals surface area contributed by atoms with Gasteiger partial charge in [0, 0.05) is 6.42 Å². The van der Waals surface area contributed by atoms with E-state index >= 15 is 0 Å². The third-order valence-corrected chi connectivity index (χ3v) is 4.81. The third kappa shape index (κ3) is 23.6. The highest BCUT2D eigenvalue weighted by Crippen LogP contribution is 2.35. The van der Waals surface area contributed by atoms with Crippen molar-refractivity contribution in [2.45, 2.75) is 103 Å². The van der Waals surface area contributed by atoms with E-state index in [-0.39, 0.29) is 6.61 Å². The van der Waals surface area contributed by atoms with Crippen molar-refractivity contribution in [1.29, 1.82) is 0 Å². The molecule has 7 heteroatoms. The van der Waals surface area contributed by atoms with Crippen LogP contribution in [0.3, 0.4) is 0 Å². The molecule has 0 unspecified atom stereocenters. The maximum absolute atomic E-state index is 10.5. The fourth-order valence-corrected chi connectivity index (χ4v) is 3.23. The molecule has 150 valence electrons. The van der Waals surface area contributed by atoms with Gasteiger partial charge in [0.2, 0.25) is 0 Å². The molecule has 0 spiro atoms. The van der Waals surface area contributed by atoms with Crippen LogP contribution in [0, 0.1) is 0 Å². The molecule has 0 rings (SSSR count). The molecule has 0 radical (unpaired) electrons. The Balaban J connectivity index is 3.05. The van der Waals surface area contributed by atoms with Crippen molar-refractivity contribution >= 4 is 13.8 Å². The van der Waals surface area contributed by atoms with Gasteiger partial charge in [0.05, 0.1) is 6.61 Å². The highest BCUT2D eigenvalue weighted by atomic mass is 31.2. The predicted octanol–water partition coefficient (Wildman–Crippen LogP) is 5.42. The summed E-state index contributed by atoms with van der Waals surface area (Å²) in [6.07, 6.45) is 17.5. The first kappa shape index (κ1) is 24.6. The number of carboxylic acid groups (broad SMARTS) is 1. The summed E-state index contributed by atoms with van der Waals surface area (Å²) < 4.78 is 14.9. The van der Waals surface area contributed by atoms with E-state index in [4.69, 9.17) is 14.9 Å². The zero-order chi connectivity index (χ0) is 18.8. The number of rotatable bonds is 19. The van der Waals surface area contributed by atoms with Gasteiger partial charge in [0.15, 0.2) is 0 Å². The molecule has 0 atom stereocenters. The largest absolute Gasteiger partial charge is 0.481 e. The Labute approximate surface area is 152 Å². The minimum absolute atomic E-state index is 0.143. The van der Waals surface area contributed by atoms with E-state index in [2.05, 4.69) is 4.52 Å². The SMILES string of the molecule is O=C(O)CCCCCCCCCCCCCCCCCOP(=O)(O)O. The highest BCUT2D eigenvalue weighted by molar-refractivity contribution is 7.46. The summed E-state index contributed by atoms with van der Waals surface area (Å²) in [5, 5.41) is 8.53. The Morgan fingerprint density at radius 3 is 1.28 bits per heavy atom. The van der Waals surface area contributed by atoms with Crippen molar-refractivity contribution in [1.82, 2.24) is 0 Å². The van der Waals surface area contributed by atoms with E-state index in [1.165, 1.54) is 57.8 Å². The van der Waals surface area contributed by atoms with Crippen molar-refractivity contribution < 1.29 is 28.8 Å². The molecule has 0 saturated heterocycles. The molecule has 25 heavy (non-hydrogen) atoms. The topological polar surface area (TPSA) is 104 Å². The van der Waals surface area contributed by atoms with Crippen molar-refractivity contribution in [3.63, 3.8) is 0 Å². The van der Waals surface area contributed by atoms with E-state index in [1.807, 2.05) is 0 Å². The average molecular weight is 380 g/mol. The number of unbranched alkanes of at least 4 members (excludes halogenated alkanes) is 14. The van der Waals surface area contributed by atoms with Gasteiger partial charge in [-0.05, 0) is 12.8 Å². The lowest BCUT2D eigenvalue weighted by atomic mass is 10.0. The van der Waals surface area contributed by atoms with Gasteiger partial charge < -0.3 is 14.9 Å². The first-order chi connectivity index (χ1) is 11.9. The minimum atomic E-state index is -4.28. The number of carbonyl (C=O) groups is 1. The number of hydrogen-bond donors (Lipinski definition) is 3. The Morgan fingerprint density at radius 1 is 0.640 bits per heavy atom. The molecule has 0 aromatic heterocycles. The average Bonchev–Trinajstić information content (AvgIpc) is 2.52. The predicted molar refractivity (Wildman–Crippen MR) is 99.5 cm³/mol. The van der Waals surface area contributed by atoms with Gasteiger partial charge in [-0.25, -0.2) is 4.57 Å². The zero-order valence-corrected chi connectivity index (χ0v) is 16.4. The molecule has 0 amide bonds. The number of aliphatic carboxylic acids is 1. The quantitative estimate of drug-likeness (QED) is 0.204. The lowest BCUT2D eigenvalue weighted by Gasteiger charge is -2.05. The lowest BCUT2D eigenvalue weighted by Crippen LogP contribution is -1.93. The molecular formula is C18H37O6P. The van der Waals surface area contributed by atoms with E-state index < -0.39 is 13.8 Å². The molecule has 0 saturated carbocycles. The maximum atomic E-state index is 10.5. The molecule has 0 aromatic carbocycles. The Morgan fingerprint density at radius 2 is 0.960 bits per heavy atom. The van der Waals surface area contributed by atoms with Crippen LogP contribution in [-0.4, -0.2) is 27.5 Å². The second-order valence-electron chi connectivity index (χ2n) is 6.77. The van der Waals surface area contributed by atoms with Gasteiger partial charge >= 0.3 is 13.8 Å². The van der Waals surface area contributed by atoms with Gasteiger partial charge in [-0.2, -0.15) is 0 Å². The van der Waals surface area contributed by atoms with Crippen LogP contribution in [0.1, 0.15) is 103 Å². The third-order valence-electron chi connectivity index (χ3n) is 4.29. The number of carboxylic acids is 1. The zero-order valence-electron chi connectivity index (χ0n) is 15.5. The monoisotopic (exact) mass is 380 g/mol. The number of phosphoric acid groups is 1. The fraction of sp³-hybridized carbons (Fsp3) is 0.944. The summed E-state index contributed by atoms with van der Waals surface area (Å²) in [5.41, 5.74) is 0. The van der Waals surface area contributed by atoms with Crippen LogP contribution in [0.5, 0.6) is 0 Å². The van der Waals surface area contributed by atoms with Crippen molar-refractivity contribution in [2.75, 3.05) is 6.61 Å². The van der Waals surface area contributed by atoms with Crippen LogP contribution >= 0.6 is 7.82 Å². The van der Waals surface area contributed by atoms with E-state index in [9.17, 15) is 9.36 Å². The van der Waals surface area contributed by atoms with Gasteiger partial charge in [-0.3, -0.25) is 9.32 Å². The Hall–Kier alpha value is -0.420. The summed E-state index contributed by atoms with van der Waals surface area (Å²) in [6, 6.07) is 0. The molecule has 0 aliphatic carbocycles. The molecule has 3 N–H and O–H groups in total. The first-order valence-corrected chi connectivity index (χ1v) is 11.4. The van der Waals surface area contributed by atoms with Gasteiger partial charge in [0.25, 0.3) is 0 Å². The van der Waals surface area contributed by atoms with Crippen LogP contribution in [0.4, 0.5) is 0 Å². The normalized spacial score (nSPS) is 11.8. The molecule has 6 nitrogen and oxygen atoms in total. The standard InChI is InChI=1S/C18H37O6P/c19-18(20)16-14-12-10-8-6-4-2-1-3-5-7-9-11-13-15-17-24-25(21,22)23/h1-17H2,(H,19,20)(H2,21,22,23). The molecule has 0 fully saturated rings. The van der Waals surface area contributed by atoms with Crippen LogP contribution in [0.15, 0.2) is 0 Å². The van der Waals surface area contributed by atoms with Crippen molar-refractivity contribution in [3.8, 4) is 0 Å². The van der Waals surface area contributed by atoms with E-state index in [0.717, 1.165) is 32.1 Å². The molecule has 0 bridgehead atoms. The molecule has 0 aliphatic heterocycles. The molecule has 0 aromatic rings. The van der Waals surface area contributed by atoms with Crippen LogP contribution in [-0.2, 0) is 13.9 Å². The maximum Gasteiger partial charge on any atom is 0.469 e. The molecular weight excluding hydrogens is 343 g/mol. The minimum Gasteiger partial charge on any atom is -0.481 e. The summed E-state index contributed by atoms with van der Waals surface area (Å²) in [6.45, 7) is 0.143. The molecule has 0 heterocycles. The van der Waals surface area contributed by atoms with Crippen molar-refractivity contribution in [3.05, 3.63) is 0 Å². The Kier molecular flexibility index (Phi) is 16.7. The second kappa shape index (κ2) is 17.0. The van der Waals surface area contributed by atoms with Gasteiger partial charge in [0.1, 0.15) is 0 Å². The lowest BCUT2D eigenvalue weighted by molar-refractivity contribution is -0.137. The number of hydrogen-bond acceptors (Lipinski definition) is 3. The Bertz CT molecular complexity index is 355. The summed E-state index contributed by atoms with van der Waals surface area (Å²) >= 11 is 0. The van der Waals surface area contributed by atoms with Gasteiger partial charge in [-0.1, -0.05) is 83.5 Å². The van der Waals surface area contributed by atoms with Crippen molar-refractivity contribution in [2.24, 2.45) is 0 Å². The highest BCUT2D eigenvalue weighted by Gasteiger charge is 2.12. The van der Waals surface area contributed by atoms with Crippen LogP contribution in [0.25, 0.3) is 0 Å². The first-order valence-electron chi connectivity index (χ1n) is 9.84. The molecule has 0 aliphatic rings.